The molecule has 0 rings (SSSR count). The van der Waals surface area contributed by atoms with E-state index in [4.69, 9.17) is 0 Å². The minimum atomic E-state index is -4.65. The fourth-order valence-corrected chi connectivity index (χ4v) is 1.03. The summed E-state index contributed by atoms with van der Waals surface area (Å²) >= 11 is 0. The Morgan fingerprint density at radius 3 is 2.00 bits per heavy atom. The number of nitrogens with zero attached hydrogens (tertiary/aromatic N) is 1. The van der Waals surface area contributed by atoms with Gasteiger partial charge in [0, 0.05) is 6.54 Å². The molecule has 0 aliphatic heterocycles. The second-order valence-corrected chi connectivity index (χ2v) is 3.31. The van der Waals surface area contributed by atoms with E-state index in [1.54, 1.807) is 0 Å². The highest BCUT2D eigenvalue weighted by molar-refractivity contribution is 5.74. The van der Waals surface area contributed by atoms with E-state index in [-0.39, 0.29) is 13.0 Å². The molecule has 0 saturated carbocycles. The van der Waals surface area contributed by atoms with Gasteiger partial charge in [-0.2, -0.15) is 26.3 Å². The van der Waals surface area contributed by atoms with E-state index in [2.05, 4.69) is 0 Å². The number of alkyl halides is 6. The first kappa shape index (κ1) is 15.9. The van der Waals surface area contributed by atoms with Crippen LogP contribution in [-0.4, -0.2) is 42.9 Å². The maximum atomic E-state index is 12.0. The molecule has 0 heterocycles. The fraction of sp³-hybridized carbons (Fsp3) is 0.875. The molecule has 1 N–H and O–H groups in total. The van der Waals surface area contributed by atoms with Gasteiger partial charge in [-0.3, -0.25) is 0 Å². The molecule has 9 heteroatoms. The number of urea groups is 1. The molecule has 0 fully saturated rings. The lowest BCUT2D eigenvalue weighted by atomic mass is 10.4. The van der Waals surface area contributed by atoms with E-state index in [1.807, 2.05) is 0 Å². The molecule has 0 aliphatic carbocycles. The summed E-state index contributed by atoms with van der Waals surface area (Å²) in [5.74, 6) is 0. The van der Waals surface area contributed by atoms with Crippen molar-refractivity contribution in [3.05, 3.63) is 0 Å². The highest BCUT2D eigenvalue weighted by Gasteiger charge is 2.34. The molecule has 0 radical (unpaired) electrons. The Bertz CT molecular complexity index is 249. The number of hydrogen-bond donors (Lipinski definition) is 1. The molecule has 0 aromatic rings. The van der Waals surface area contributed by atoms with E-state index < -0.39 is 31.5 Å². The number of nitrogens with one attached hydrogen (secondary N) is 1. The molecule has 0 aliphatic rings. The number of carbonyl (C=O) groups is 1. The van der Waals surface area contributed by atoms with Crippen LogP contribution in [0.15, 0.2) is 0 Å². The fourth-order valence-electron chi connectivity index (χ4n) is 1.03. The predicted octanol–water partition coefficient (Wildman–Crippen LogP) is 2.53. The van der Waals surface area contributed by atoms with E-state index in [0.29, 0.717) is 4.90 Å². The summed E-state index contributed by atoms with van der Waals surface area (Å²) in [6.45, 7) is -1.96. The molecule has 3 nitrogen and oxygen atoms in total. The van der Waals surface area contributed by atoms with E-state index >= 15 is 0 Å². The van der Waals surface area contributed by atoms with Gasteiger partial charge in [-0.1, -0.05) is 6.92 Å². The molecule has 0 saturated heterocycles. The average molecular weight is 266 g/mol. The van der Waals surface area contributed by atoms with Gasteiger partial charge in [0.05, 0.1) is 0 Å². The first-order valence-corrected chi connectivity index (χ1v) is 4.71. The van der Waals surface area contributed by atoms with E-state index in [0.717, 1.165) is 0 Å². The topological polar surface area (TPSA) is 32.3 Å². The van der Waals surface area contributed by atoms with Gasteiger partial charge in [-0.25, -0.2) is 4.79 Å². The maximum absolute atomic E-state index is 12.0. The van der Waals surface area contributed by atoms with Crippen LogP contribution >= 0.6 is 0 Å². The van der Waals surface area contributed by atoms with Crippen LogP contribution < -0.4 is 5.32 Å². The molecule has 0 aromatic heterocycles. The molecule has 0 atom stereocenters. The van der Waals surface area contributed by atoms with Crippen molar-refractivity contribution in [2.75, 3.05) is 19.6 Å². The molecular weight excluding hydrogens is 254 g/mol. The van der Waals surface area contributed by atoms with Crippen LogP contribution in [0.1, 0.15) is 13.3 Å². The Kier molecular flexibility index (Phi) is 5.56. The highest BCUT2D eigenvalue weighted by Crippen LogP contribution is 2.17. The Labute approximate surface area is 93.8 Å². The zero-order valence-electron chi connectivity index (χ0n) is 8.95. The van der Waals surface area contributed by atoms with Crippen molar-refractivity contribution in [3.63, 3.8) is 0 Å². The van der Waals surface area contributed by atoms with Gasteiger partial charge in [0.2, 0.25) is 0 Å². The molecule has 0 unspecified atom stereocenters. The molecule has 2 amide bonds. The van der Waals surface area contributed by atoms with Crippen molar-refractivity contribution < 1.29 is 31.1 Å². The molecule has 0 bridgehead atoms. The monoisotopic (exact) mass is 266 g/mol. The standard InChI is InChI=1S/C8H12F6N2O/c1-2-3-16(5-8(12,13)14)6(17)15-4-7(9,10)11/h2-5H2,1H3,(H,15,17). The van der Waals surface area contributed by atoms with Crippen molar-refractivity contribution in [1.82, 2.24) is 10.2 Å². The minimum absolute atomic E-state index is 0.218. The zero-order valence-corrected chi connectivity index (χ0v) is 8.95. The smallest absolute Gasteiger partial charge is 0.329 e. The van der Waals surface area contributed by atoms with E-state index in [9.17, 15) is 31.1 Å². The Balaban J connectivity index is 4.35. The van der Waals surface area contributed by atoms with Gasteiger partial charge < -0.3 is 10.2 Å². The number of halogens is 6. The Morgan fingerprint density at radius 1 is 1.12 bits per heavy atom. The second-order valence-electron chi connectivity index (χ2n) is 3.31. The van der Waals surface area contributed by atoms with Crippen molar-refractivity contribution in [1.29, 1.82) is 0 Å². The summed E-state index contributed by atoms with van der Waals surface area (Å²) in [7, 11) is 0. The highest BCUT2D eigenvalue weighted by atomic mass is 19.4. The summed E-state index contributed by atoms with van der Waals surface area (Å²) in [6, 6.07) is -1.37. The number of rotatable bonds is 4. The van der Waals surface area contributed by atoms with Gasteiger partial charge in [-0.05, 0) is 6.42 Å². The van der Waals surface area contributed by atoms with Crippen LogP contribution in [-0.2, 0) is 0 Å². The third kappa shape index (κ3) is 8.64. The molecule has 17 heavy (non-hydrogen) atoms. The lowest BCUT2D eigenvalue weighted by Crippen LogP contribution is -2.47. The SMILES string of the molecule is CCCN(CC(F)(F)F)C(=O)NCC(F)(F)F. The summed E-state index contributed by atoms with van der Waals surface area (Å²) in [4.78, 5) is 11.4. The Hall–Kier alpha value is -1.15. The van der Waals surface area contributed by atoms with Crippen molar-refractivity contribution >= 4 is 6.03 Å². The summed E-state index contributed by atoms with van der Waals surface area (Å²) < 4.78 is 71.3. The lowest BCUT2D eigenvalue weighted by Gasteiger charge is -2.24. The third-order valence-electron chi connectivity index (χ3n) is 1.59. The first-order valence-electron chi connectivity index (χ1n) is 4.71. The number of hydrogen-bond acceptors (Lipinski definition) is 1. The Morgan fingerprint density at radius 2 is 1.65 bits per heavy atom. The van der Waals surface area contributed by atoms with Gasteiger partial charge in [0.25, 0.3) is 0 Å². The van der Waals surface area contributed by atoms with Gasteiger partial charge in [0.1, 0.15) is 13.1 Å². The van der Waals surface area contributed by atoms with Crippen LogP contribution in [0.4, 0.5) is 31.1 Å². The predicted molar refractivity (Wildman–Crippen MR) is 47.4 cm³/mol. The second kappa shape index (κ2) is 5.97. The van der Waals surface area contributed by atoms with Crippen molar-refractivity contribution in [2.45, 2.75) is 25.7 Å². The van der Waals surface area contributed by atoms with Crippen LogP contribution in [0.25, 0.3) is 0 Å². The van der Waals surface area contributed by atoms with Gasteiger partial charge in [-0.15, -0.1) is 0 Å². The third-order valence-corrected chi connectivity index (χ3v) is 1.59. The van der Waals surface area contributed by atoms with Crippen LogP contribution in [0, 0.1) is 0 Å². The average Bonchev–Trinajstić information content (AvgIpc) is 2.10. The number of amides is 2. The van der Waals surface area contributed by atoms with Crippen LogP contribution in [0.2, 0.25) is 0 Å². The zero-order chi connectivity index (χ0) is 13.7. The summed E-state index contributed by atoms with van der Waals surface area (Å²) in [5, 5.41) is 1.39. The quantitative estimate of drug-likeness (QED) is 0.779. The normalized spacial score (nSPS) is 12.4. The van der Waals surface area contributed by atoms with Crippen molar-refractivity contribution in [3.8, 4) is 0 Å². The molecule has 0 aromatic carbocycles. The summed E-state index contributed by atoms with van der Waals surface area (Å²) in [6.07, 6.45) is -9.06. The summed E-state index contributed by atoms with van der Waals surface area (Å²) in [5.41, 5.74) is 0. The minimum Gasteiger partial charge on any atom is -0.329 e. The largest absolute Gasteiger partial charge is 0.406 e. The number of carbonyl (C=O) groups excluding carboxylic acids is 1. The first-order chi connectivity index (χ1) is 7.55. The molecule has 102 valence electrons. The van der Waals surface area contributed by atoms with Gasteiger partial charge >= 0.3 is 18.4 Å². The molecular formula is C8H12F6N2O. The molecule has 0 spiro atoms. The van der Waals surface area contributed by atoms with E-state index in [1.165, 1.54) is 12.2 Å². The van der Waals surface area contributed by atoms with Crippen LogP contribution in [0.5, 0.6) is 0 Å². The maximum Gasteiger partial charge on any atom is 0.406 e. The lowest BCUT2D eigenvalue weighted by molar-refractivity contribution is -0.141. The van der Waals surface area contributed by atoms with Crippen LogP contribution in [0.3, 0.4) is 0 Å². The van der Waals surface area contributed by atoms with Gasteiger partial charge in [0.15, 0.2) is 0 Å². The van der Waals surface area contributed by atoms with Crippen molar-refractivity contribution in [2.24, 2.45) is 0 Å².